The maximum absolute atomic E-state index is 12.6. The standard InChI is InChI=1S/C23H27Cl2N3O3S/c1-23(2,3)31-21(29)14-28(32-19-12-16(24)11-17(25)13-19)18-6-7-20-15(10-18)8-9-27(20)22(30)26(4)5/h6-7,10-13H,8-9,14H2,1-5H3. The van der Waals surface area contributed by atoms with E-state index in [4.69, 9.17) is 27.9 Å². The summed E-state index contributed by atoms with van der Waals surface area (Å²) in [5.74, 6) is -0.344. The molecule has 9 heteroatoms. The Bertz CT molecular complexity index is 1000. The molecule has 0 radical (unpaired) electrons. The smallest absolute Gasteiger partial charge is 0.327 e. The van der Waals surface area contributed by atoms with Gasteiger partial charge in [-0.2, -0.15) is 0 Å². The number of carbonyl (C=O) groups is 2. The molecule has 2 aromatic carbocycles. The summed E-state index contributed by atoms with van der Waals surface area (Å²) in [6.07, 6.45) is 0.747. The quantitative estimate of drug-likeness (QED) is 0.382. The molecule has 0 atom stereocenters. The van der Waals surface area contributed by atoms with Crippen LogP contribution in [0, 0.1) is 0 Å². The summed E-state index contributed by atoms with van der Waals surface area (Å²) < 4.78 is 7.39. The van der Waals surface area contributed by atoms with Gasteiger partial charge in [0, 0.05) is 47.0 Å². The second-order valence-electron chi connectivity index (χ2n) is 8.71. The highest BCUT2D eigenvalue weighted by molar-refractivity contribution is 8.00. The van der Waals surface area contributed by atoms with Crippen molar-refractivity contribution in [2.75, 3.05) is 36.4 Å². The third-order valence-electron chi connectivity index (χ3n) is 4.60. The van der Waals surface area contributed by atoms with Crippen LogP contribution in [0.3, 0.4) is 0 Å². The number of rotatable bonds is 5. The van der Waals surface area contributed by atoms with E-state index >= 15 is 0 Å². The van der Waals surface area contributed by atoms with Gasteiger partial charge in [-0.15, -0.1) is 0 Å². The number of hydrogen-bond donors (Lipinski definition) is 0. The highest BCUT2D eigenvalue weighted by Crippen LogP contribution is 2.37. The Kier molecular flexibility index (Phi) is 7.53. The summed E-state index contributed by atoms with van der Waals surface area (Å²) in [6, 6.07) is 11.1. The van der Waals surface area contributed by atoms with Crippen molar-refractivity contribution in [3.63, 3.8) is 0 Å². The minimum Gasteiger partial charge on any atom is -0.459 e. The number of fused-ring (bicyclic) bond motifs is 1. The van der Waals surface area contributed by atoms with Crippen molar-refractivity contribution >= 4 is 58.5 Å². The Morgan fingerprint density at radius 1 is 1.09 bits per heavy atom. The molecule has 6 nitrogen and oxygen atoms in total. The summed E-state index contributed by atoms with van der Waals surface area (Å²) in [7, 11) is 3.48. The first-order valence-corrected chi connectivity index (χ1v) is 11.7. The summed E-state index contributed by atoms with van der Waals surface area (Å²) in [6.45, 7) is 6.17. The summed E-state index contributed by atoms with van der Waals surface area (Å²) in [4.78, 5) is 29.2. The number of esters is 1. The number of carbonyl (C=O) groups excluding carboxylic acids is 2. The normalized spacial score (nSPS) is 13.0. The van der Waals surface area contributed by atoms with Crippen LogP contribution < -0.4 is 9.21 Å². The lowest BCUT2D eigenvalue weighted by Crippen LogP contribution is -2.38. The van der Waals surface area contributed by atoms with Crippen molar-refractivity contribution in [2.24, 2.45) is 0 Å². The van der Waals surface area contributed by atoms with E-state index in [1.165, 1.54) is 11.9 Å². The first kappa shape index (κ1) is 24.6. The molecule has 0 saturated heterocycles. The molecular weight excluding hydrogens is 469 g/mol. The van der Waals surface area contributed by atoms with Gasteiger partial charge in [0.2, 0.25) is 0 Å². The minimum absolute atomic E-state index is 0.0329. The molecule has 0 N–H and O–H groups in total. The number of ether oxygens (including phenoxy) is 1. The van der Waals surface area contributed by atoms with E-state index in [1.54, 1.807) is 42.1 Å². The van der Waals surface area contributed by atoms with Crippen molar-refractivity contribution in [3.05, 3.63) is 52.0 Å². The van der Waals surface area contributed by atoms with Gasteiger partial charge in [0.15, 0.2) is 0 Å². The van der Waals surface area contributed by atoms with Crippen LogP contribution in [0.15, 0.2) is 41.3 Å². The van der Waals surface area contributed by atoms with Gasteiger partial charge in [-0.1, -0.05) is 23.2 Å². The van der Waals surface area contributed by atoms with Gasteiger partial charge in [-0.05, 0) is 81.1 Å². The van der Waals surface area contributed by atoms with E-state index < -0.39 is 5.60 Å². The van der Waals surface area contributed by atoms with Crippen LogP contribution in [0.25, 0.3) is 0 Å². The average Bonchev–Trinajstić information content (AvgIpc) is 3.07. The number of urea groups is 1. The molecule has 0 saturated carbocycles. The predicted octanol–water partition coefficient (Wildman–Crippen LogP) is 5.89. The fourth-order valence-electron chi connectivity index (χ4n) is 3.36. The molecule has 172 valence electrons. The molecule has 2 aromatic rings. The van der Waals surface area contributed by atoms with Crippen LogP contribution in [0.5, 0.6) is 0 Å². The molecule has 1 aliphatic rings. The minimum atomic E-state index is -0.586. The van der Waals surface area contributed by atoms with Gasteiger partial charge in [-0.25, -0.2) is 4.79 Å². The monoisotopic (exact) mass is 495 g/mol. The third-order valence-corrected chi connectivity index (χ3v) is 6.05. The molecular formula is C23H27Cl2N3O3S. The van der Waals surface area contributed by atoms with Gasteiger partial charge in [-0.3, -0.25) is 9.69 Å². The molecule has 0 fully saturated rings. The average molecular weight is 496 g/mol. The second-order valence-corrected chi connectivity index (χ2v) is 10.7. The Balaban J connectivity index is 1.91. The number of halogens is 2. The molecule has 2 amide bonds. The first-order valence-electron chi connectivity index (χ1n) is 10.2. The van der Waals surface area contributed by atoms with E-state index in [0.29, 0.717) is 16.6 Å². The highest BCUT2D eigenvalue weighted by Gasteiger charge is 2.27. The number of benzene rings is 2. The third kappa shape index (κ3) is 6.24. The molecule has 0 aromatic heterocycles. The van der Waals surface area contributed by atoms with E-state index in [0.717, 1.165) is 28.3 Å². The van der Waals surface area contributed by atoms with Crippen LogP contribution in [0.4, 0.5) is 16.2 Å². The molecule has 3 rings (SSSR count). The Labute approximate surface area is 203 Å². The molecule has 1 aliphatic heterocycles. The molecule has 0 aliphatic carbocycles. The van der Waals surface area contributed by atoms with Crippen molar-refractivity contribution in [2.45, 2.75) is 37.7 Å². The lowest BCUT2D eigenvalue weighted by molar-refractivity contribution is -0.152. The van der Waals surface area contributed by atoms with E-state index in [-0.39, 0.29) is 18.5 Å². The number of anilines is 2. The van der Waals surface area contributed by atoms with Crippen LogP contribution in [0.2, 0.25) is 10.0 Å². The summed E-state index contributed by atoms with van der Waals surface area (Å²) >= 11 is 13.7. The summed E-state index contributed by atoms with van der Waals surface area (Å²) in [5, 5.41) is 1.04. The summed E-state index contributed by atoms with van der Waals surface area (Å²) in [5.41, 5.74) is 2.18. The van der Waals surface area contributed by atoms with Gasteiger partial charge >= 0.3 is 12.0 Å². The maximum Gasteiger partial charge on any atom is 0.327 e. The maximum atomic E-state index is 12.6. The zero-order valence-corrected chi connectivity index (χ0v) is 21.1. The van der Waals surface area contributed by atoms with Crippen LogP contribution in [0.1, 0.15) is 26.3 Å². The van der Waals surface area contributed by atoms with Crippen LogP contribution >= 0.6 is 35.1 Å². The molecule has 1 heterocycles. The predicted molar refractivity (Wildman–Crippen MR) is 132 cm³/mol. The zero-order valence-electron chi connectivity index (χ0n) is 18.8. The van der Waals surface area contributed by atoms with Gasteiger partial charge in [0.1, 0.15) is 12.1 Å². The molecule has 0 bridgehead atoms. The van der Waals surface area contributed by atoms with E-state index in [9.17, 15) is 9.59 Å². The molecule has 32 heavy (non-hydrogen) atoms. The van der Waals surface area contributed by atoms with E-state index in [2.05, 4.69) is 0 Å². The Morgan fingerprint density at radius 3 is 2.34 bits per heavy atom. The van der Waals surface area contributed by atoms with Crippen LogP contribution in [-0.4, -0.2) is 49.7 Å². The van der Waals surface area contributed by atoms with Gasteiger partial charge in [0.05, 0.1) is 0 Å². The van der Waals surface area contributed by atoms with Gasteiger partial charge < -0.3 is 13.9 Å². The lowest BCUT2D eigenvalue weighted by Gasteiger charge is -2.26. The first-order chi connectivity index (χ1) is 14.9. The van der Waals surface area contributed by atoms with Crippen molar-refractivity contribution in [3.8, 4) is 0 Å². The highest BCUT2D eigenvalue weighted by atomic mass is 35.5. The number of hydrogen-bond acceptors (Lipinski definition) is 5. The lowest BCUT2D eigenvalue weighted by atomic mass is 10.1. The SMILES string of the molecule is CN(C)C(=O)N1CCc2cc(N(CC(=O)OC(C)(C)C)Sc3cc(Cl)cc(Cl)c3)ccc21. The largest absolute Gasteiger partial charge is 0.459 e. The second kappa shape index (κ2) is 9.81. The van der Waals surface area contributed by atoms with E-state index in [1.807, 2.05) is 43.3 Å². The molecule has 0 spiro atoms. The number of nitrogens with zero attached hydrogens (tertiary/aromatic N) is 3. The fourth-order valence-corrected chi connectivity index (χ4v) is 5.02. The number of amides is 2. The van der Waals surface area contributed by atoms with Crippen molar-refractivity contribution in [1.29, 1.82) is 0 Å². The Hall–Kier alpha value is -2.09. The van der Waals surface area contributed by atoms with Crippen LogP contribution in [-0.2, 0) is 16.0 Å². The molecule has 0 unspecified atom stereocenters. The Morgan fingerprint density at radius 2 is 1.75 bits per heavy atom. The van der Waals surface area contributed by atoms with Crippen molar-refractivity contribution in [1.82, 2.24) is 4.90 Å². The zero-order chi connectivity index (χ0) is 23.6. The topological polar surface area (TPSA) is 53.1 Å². The van der Waals surface area contributed by atoms with Gasteiger partial charge in [0.25, 0.3) is 0 Å². The fraction of sp³-hybridized carbons (Fsp3) is 0.391. The van der Waals surface area contributed by atoms with Crippen molar-refractivity contribution < 1.29 is 14.3 Å².